The number of rotatable bonds is 4. The molecule has 2 aromatic heterocycles. The number of aromatic nitrogens is 3. The van der Waals surface area contributed by atoms with Crippen LogP contribution in [0, 0.1) is 18.3 Å². The second kappa shape index (κ2) is 5.74. The minimum atomic E-state index is 0.155. The maximum Gasteiger partial charge on any atom is 0.183 e. The van der Waals surface area contributed by atoms with Crippen LogP contribution in [0.5, 0.6) is 0 Å². The maximum atomic E-state index is 8.88. The maximum absolute atomic E-state index is 8.88. The van der Waals surface area contributed by atoms with Gasteiger partial charge in [0.1, 0.15) is 11.9 Å². The second-order valence-electron chi connectivity index (χ2n) is 5.04. The predicted molar refractivity (Wildman–Crippen MR) is 86.4 cm³/mol. The fourth-order valence-corrected chi connectivity index (χ4v) is 2.44. The van der Waals surface area contributed by atoms with E-state index >= 15 is 0 Å². The number of nitrogens with two attached hydrogens (primary N) is 1. The number of nitrogens with one attached hydrogen (secondary N) is 2. The smallest absolute Gasteiger partial charge is 0.183 e. The zero-order chi connectivity index (χ0) is 15.5. The SMILES string of the molecule is Cc1nc(C#N)c(N)nc1NCCc1c[nH]c2ccccc12. The monoisotopic (exact) mass is 292 g/mol. The molecule has 4 N–H and O–H groups in total. The van der Waals surface area contributed by atoms with E-state index in [0.29, 0.717) is 18.1 Å². The number of H-pyrrole nitrogens is 1. The van der Waals surface area contributed by atoms with Crippen LogP contribution in [0.4, 0.5) is 11.6 Å². The van der Waals surface area contributed by atoms with Crippen molar-refractivity contribution in [2.45, 2.75) is 13.3 Å². The molecule has 0 saturated heterocycles. The number of fused-ring (bicyclic) bond motifs is 1. The predicted octanol–water partition coefficient (Wildman–Crippen LogP) is 2.37. The highest BCUT2D eigenvalue weighted by molar-refractivity contribution is 5.83. The molecule has 0 radical (unpaired) electrons. The molecule has 0 unspecified atom stereocenters. The van der Waals surface area contributed by atoms with E-state index < -0.39 is 0 Å². The fraction of sp³-hybridized carbons (Fsp3) is 0.188. The van der Waals surface area contributed by atoms with E-state index in [9.17, 15) is 0 Å². The molecule has 0 aliphatic heterocycles. The van der Waals surface area contributed by atoms with Gasteiger partial charge in [-0.1, -0.05) is 18.2 Å². The lowest BCUT2D eigenvalue weighted by atomic mass is 10.1. The third kappa shape index (κ3) is 2.56. The van der Waals surface area contributed by atoms with Crippen molar-refractivity contribution >= 4 is 22.5 Å². The number of nitrogen functional groups attached to an aromatic ring is 1. The standard InChI is InChI=1S/C16H16N6/c1-10-16(22-15(18)14(8-17)21-10)19-7-6-11-9-20-13-5-3-2-4-12(11)13/h2-5,9,20H,6-7H2,1H3,(H3,18,19,22). The van der Waals surface area contributed by atoms with Crippen molar-refractivity contribution in [2.75, 3.05) is 17.6 Å². The molecule has 6 heteroatoms. The Hall–Kier alpha value is -3.07. The number of anilines is 2. The first-order valence-corrected chi connectivity index (χ1v) is 7.02. The number of para-hydroxylation sites is 1. The lowest BCUT2D eigenvalue weighted by molar-refractivity contribution is 0.992. The number of hydrogen-bond acceptors (Lipinski definition) is 5. The van der Waals surface area contributed by atoms with Gasteiger partial charge in [-0.15, -0.1) is 0 Å². The third-order valence-electron chi connectivity index (χ3n) is 3.56. The summed E-state index contributed by atoms with van der Waals surface area (Å²) >= 11 is 0. The van der Waals surface area contributed by atoms with Gasteiger partial charge in [0.05, 0.1) is 5.69 Å². The summed E-state index contributed by atoms with van der Waals surface area (Å²) in [5.74, 6) is 0.777. The molecule has 22 heavy (non-hydrogen) atoms. The molecule has 3 aromatic rings. The number of benzene rings is 1. The highest BCUT2D eigenvalue weighted by Gasteiger charge is 2.08. The van der Waals surface area contributed by atoms with Crippen molar-refractivity contribution in [2.24, 2.45) is 0 Å². The average Bonchev–Trinajstić information content (AvgIpc) is 2.94. The van der Waals surface area contributed by atoms with Crippen LogP contribution in [0.1, 0.15) is 17.0 Å². The van der Waals surface area contributed by atoms with Crippen molar-refractivity contribution in [1.29, 1.82) is 5.26 Å². The van der Waals surface area contributed by atoms with E-state index in [-0.39, 0.29) is 11.5 Å². The van der Waals surface area contributed by atoms with Crippen molar-refractivity contribution in [1.82, 2.24) is 15.0 Å². The van der Waals surface area contributed by atoms with Crippen molar-refractivity contribution in [3.05, 3.63) is 47.4 Å². The molecule has 0 saturated carbocycles. The van der Waals surface area contributed by atoms with Crippen LogP contribution in [-0.4, -0.2) is 21.5 Å². The van der Waals surface area contributed by atoms with Gasteiger partial charge in [-0.25, -0.2) is 9.97 Å². The summed E-state index contributed by atoms with van der Waals surface area (Å²) in [6.45, 7) is 2.52. The van der Waals surface area contributed by atoms with Crippen molar-refractivity contribution in [3.8, 4) is 6.07 Å². The molecule has 0 atom stereocenters. The molecule has 0 amide bonds. The van der Waals surface area contributed by atoms with Gasteiger partial charge in [-0.3, -0.25) is 0 Å². The quantitative estimate of drug-likeness (QED) is 0.685. The van der Waals surface area contributed by atoms with E-state index in [1.54, 1.807) is 6.92 Å². The Balaban J connectivity index is 1.71. The number of nitrogens with zero attached hydrogens (tertiary/aromatic N) is 3. The molecular formula is C16H16N6. The van der Waals surface area contributed by atoms with Crippen molar-refractivity contribution in [3.63, 3.8) is 0 Å². The van der Waals surface area contributed by atoms with Gasteiger partial charge in [-0.05, 0) is 25.0 Å². The second-order valence-corrected chi connectivity index (χ2v) is 5.04. The minimum Gasteiger partial charge on any atom is -0.381 e. The lowest BCUT2D eigenvalue weighted by Gasteiger charge is -2.09. The van der Waals surface area contributed by atoms with E-state index in [1.165, 1.54) is 10.9 Å². The van der Waals surface area contributed by atoms with Crippen LogP contribution in [-0.2, 0) is 6.42 Å². The van der Waals surface area contributed by atoms with Crippen LogP contribution >= 0.6 is 0 Å². The van der Waals surface area contributed by atoms with Crippen LogP contribution < -0.4 is 11.1 Å². The van der Waals surface area contributed by atoms with E-state index in [1.807, 2.05) is 24.4 Å². The van der Waals surface area contributed by atoms with Crippen LogP contribution in [0.2, 0.25) is 0 Å². The highest BCUT2D eigenvalue weighted by atomic mass is 15.1. The number of nitriles is 1. The molecule has 0 spiro atoms. The first-order chi connectivity index (χ1) is 10.7. The third-order valence-corrected chi connectivity index (χ3v) is 3.56. The van der Waals surface area contributed by atoms with Gasteiger partial charge in [0.15, 0.2) is 11.5 Å². The first-order valence-electron chi connectivity index (χ1n) is 7.02. The fourth-order valence-electron chi connectivity index (χ4n) is 2.44. The Kier molecular flexibility index (Phi) is 3.62. The van der Waals surface area contributed by atoms with E-state index in [2.05, 4.69) is 32.4 Å². The van der Waals surface area contributed by atoms with E-state index in [0.717, 1.165) is 11.9 Å². The molecule has 2 heterocycles. The van der Waals surface area contributed by atoms with Crippen LogP contribution in [0.3, 0.4) is 0 Å². The summed E-state index contributed by atoms with van der Waals surface area (Å²) < 4.78 is 0. The first kappa shape index (κ1) is 13.9. The number of aromatic amines is 1. The average molecular weight is 292 g/mol. The molecule has 3 rings (SSSR count). The molecule has 0 fully saturated rings. The zero-order valence-electron chi connectivity index (χ0n) is 12.2. The summed E-state index contributed by atoms with van der Waals surface area (Å²) in [5, 5.41) is 13.3. The van der Waals surface area contributed by atoms with Gasteiger partial charge in [0.2, 0.25) is 0 Å². The summed E-state index contributed by atoms with van der Waals surface area (Å²) in [5.41, 5.74) is 8.92. The summed E-state index contributed by atoms with van der Waals surface area (Å²) in [7, 11) is 0. The topological polar surface area (TPSA) is 103 Å². The van der Waals surface area contributed by atoms with Gasteiger partial charge in [0.25, 0.3) is 0 Å². The van der Waals surface area contributed by atoms with Gasteiger partial charge in [-0.2, -0.15) is 5.26 Å². The Morgan fingerprint density at radius 2 is 2.14 bits per heavy atom. The Morgan fingerprint density at radius 1 is 1.32 bits per heavy atom. The summed E-state index contributed by atoms with van der Waals surface area (Å²) in [6, 6.07) is 10.1. The van der Waals surface area contributed by atoms with Gasteiger partial charge in [0, 0.05) is 23.6 Å². The Bertz CT molecular complexity index is 859. The van der Waals surface area contributed by atoms with Gasteiger partial charge < -0.3 is 16.0 Å². The lowest BCUT2D eigenvalue weighted by Crippen LogP contribution is -2.11. The Labute approximate surface area is 128 Å². The van der Waals surface area contributed by atoms with Crippen LogP contribution in [0.25, 0.3) is 10.9 Å². The zero-order valence-corrected chi connectivity index (χ0v) is 12.2. The summed E-state index contributed by atoms with van der Waals surface area (Å²) in [6.07, 6.45) is 2.88. The highest BCUT2D eigenvalue weighted by Crippen LogP contribution is 2.19. The molecule has 0 bridgehead atoms. The molecule has 6 nitrogen and oxygen atoms in total. The normalized spacial score (nSPS) is 10.5. The van der Waals surface area contributed by atoms with Crippen molar-refractivity contribution < 1.29 is 0 Å². The number of hydrogen-bond donors (Lipinski definition) is 3. The van der Waals surface area contributed by atoms with E-state index in [4.69, 9.17) is 11.0 Å². The minimum absolute atomic E-state index is 0.155. The molecule has 110 valence electrons. The largest absolute Gasteiger partial charge is 0.381 e. The van der Waals surface area contributed by atoms with Gasteiger partial charge >= 0.3 is 0 Å². The molecular weight excluding hydrogens is 276 g/mol. The van der Waals surface area contributed by atoms with Crippen LogP contribution in [0.15, 0.2) is 30.5 Å². The molecule has 1 aromatic carbocycles. The molecule has 0 aliphatic rings. The Morgan fingerprint density at radius 3 is 2.95 bits per heavy atom. The molecule has 0 aliphatic carbocycles. The summed E-state index contributed by atoms with van der Waals surface area (Å²) in [4.78, 5) is 11.6. The number of aryl methyl sites for hydroxylation is 1.